The largest absolute Gasteiger partial charge is 0.255 e. The van der Waals surface area contributed by atoms with Crippen LogP contribution in [-0.4, -0.2) is 14.8 Å². The summed E-state index contributed by atoms with van der Waals surface area (Å²) in [4.78, 5) is 4.47. The molecule has 0 aliphatic rings. The summed E-state index contributed by atoms with van der Waals surface area (Å²) in [6, 6.07) is 18.5. The minimum absolute atomic E-state index is 0.00745. The second-order valence-corrected chi connectivity index (χ2v) is 6.81. The zero-order valence-electron chi connectivity index (χ0n) is 14.4. The molecular formula is C22H12ClF2N3. The third kappa shape index (κ3) is 2.63. The molecule has 0 unspecified atom stereocenters. The Morgan fingerprint density at radius 1 is 0.857 bits per heavy atom. The topological polar surface area (TPSA) is 30.7 Å². The van der Waals surface area contributed by atoms with Crippen LogP contribution in [0.1, 0.15) is 0 Å². The number of benzene rings is 3. The summed E-state index contributed by atoms with van der Waals surface area (Å²) in [7, 11) is 0. The summed E-state index contributed by atoms with van der Waals surface area (Å²) in [6.45, 7) is 0. The molecule has 28 heavy (non-hydrogen) atoms. The predicted molar refractivity (Wildman–Crippen MR) is 107 cm³/mol. The van der Waals surface area contributed by atoms with E-state index in [0.29, 0.717) is 27.8 Å². The van der Waals surface area contributed by atoms with E-state index >= 15 is 0 Å². The lowest BCUT2D eigenvalue weighted by Gasteiger charge is -2.07. The van der Waals surface area contributed by atoms with Gasteiger partial charge in [0, 0.05) is 22.5 Å². The highest BCUT2D eigenvalue weighted by Crippen LogP contribution is 2.34. The van der Waals surface area contributed by atoms with Gasteiger partial charge in [0.1, 0.15) is 17.3 Å². The molecule has 5 aromatic rings. The molecule has 2 heterocycles. The average Bonchev–Trinajstić information content (AvgIpc) is 3.11. The van der Waals surface area contributed by atoms with Gasteiger partial charge in [0.05, 0.1) is 21.7 Å². The third-order valence-electron chi connectivity index (χ3n) is 4.66. The molecule has 0 aliphatic heterocycles. The number of aromatic nitrogens is 3. The lowest BCUT2D eigenvalue weighted by molar-refractivity contribution is 0.627. The molecule has 0 aliphatic carbocycles. The molecule has 0 fully saturated rings. The number of halogens is 3. The Morgan fingerprint density at radius 2 is 1.68 bits per heavy atom. The van der Waals surface area contributed by atoms with E-state index in [2.05, 4.69) is 4.98 Å². The van der Waals surface area contributed by atoms with E-state index in [1.54, 1.807) is 23.0 Å². The Bertz CT molecular complexity index is 1350. The van der Waals surface area contributed by atoms with Crippen molar-refractivity contribution >= 4 is 33.4 Å². The van der Waals surface area contributed by atoms with Crippen LogP contribution in [0.4, 0.5) is 8.78 Å². The van der Waals surface area contributed by atoms with Gasteiger partial charge in [-0.15, -0.1) is 0 Å². The van der Waals surface area contributed by atoms with Gasteiger partial charge >= 0.3 is 0 Å². The van der Waals surface area contributed by atoms with Crippen molar-refractivity contribution in [2.24, 2.45) is 0 Å². The molecule has 0 atom stereocenters. The highest BCUT2D eigenvalue weighted by Gasteiger charge is 2.18. The van der Waals surface area contributed by atoms with Crippen molar-refractivity contribution in [1.82, 2.24) is 14.8 Å². The summed E-state index contributed by atoms with van der Waals surface area (Å²) in [6.07, 6.45) is 1.73. The number of nitrogens with zero attached hydrogens (tertiary/aromatic N) is 3. The zero-order chi connectivity index (χ0) is 19.3. The Balaban J connectivity index is 1.92. The quantitative estimate of drug-likeness (QED) is 0.360. The molecular weight excluding hydrogens is 380 g/mol. The van der Waals surface area contributed by atoms with Crippen molar-refractivity contribution in [2.45, 2.75) is 0 Å². The molecule has 136 valence electrons. The summed E-state index contributed by atoms with van der Waals surface area (Å²) in [5, 5.41) is 6.13. The van der Waals surface area contributed by atoms with Gasteiger partial charge in [-0.05, 0) is 36.4 Å². The van der Waals surface area contributed by atoms with E-state index < -0.39 is 5.82 Å². The molecule has 0 bridgehead atoms. The lowest BCUT2D eigenvalue weighted by Crippen LogP contribution is -1.98. The first-order valence-corrected chi connectivity index (χ1v) is 8.97. The first-order chi connectivity index (χ1) is 13.6. The molecule has 0 amide bonds. The third-order valence-corrected chi connectivity index (χ3v) is 4.95. The van der Waals surface area contributed by atoms with Crippen LogP contribution < -0.4 is 0 Å². The molecule has 0 radical (unpaired) electrons. The minimum Gasteiger partial charge on any atom is -0.255 e. The van der Waals surface area contributed by atoms with Crippen LogP contribution in [0.25, 0.3) is 38.8 Å². The number of pyridine rings is 1. The van der Waals surface area contributed by atoms with Crippen LogP contribution >= 0.6 is 11.6 Å². The van der Waals surface area contributed by atoms with E-state index in [1.165, 1.54) is 24.3 Å². The van der Waals surface area contributed by atoms with Gasteiger partial charge in [-0.3, -0.25) is 4.98 Å². The second kappa shape index (κ2) is 6.39. The molecule has 3 aromatic carbocycles. The summed E-state index contributed by atoms with van der Waals surface area (Å²) >= 11 is 5.99. The summed E-state index contributed by atoms with van der Waals surface area (Å²) in [5.74, 6) is -0.879. The Hall–Kier alpha value is -3.31. The monoisotopic (exact) mass is 391 g/mol. The van der Waals surface area contributed by atoms with Crippen LogP contribution in [0.3, 0.4) is 0 Å². The molecule has 0 saturated heterocycles. The van der Waals surface area contributed by atoms with Gasteiger partial charge in [0.2, 0.25) is 0 Å². The minimum atomic E-state index is -0.511. The molecule has 5 rings (SSSR count). The standard InChI is InChI=1S/C22H12ClF2N3/c23-18-11-15(7-8-19(18)25)28-22-16-10-14(24)6-9-20(16)26-12-17(22)21(27-28)13-4-2-1-3-5-13/h1-12H. The highest BCUT2D eigenvalue weighted by molar-refractivity contribution is 6.30. The molecule has 0 spiro atoms. The number of fused-ring (bicyclic) bond motifs is 3. The van der Waals surface area contributed by atoms with Crippen molar-refractivity contribution in [3.63, 3.8) is 0 Å². The SMILES string of the molecule is Fc1ccc2ncc3c(-c4ccccc4)nn(-c4ccc(F)c(Cl)c4)c3c2c1. The van der Waals surface area contributed by atoms with Gasteiger partial charge in [0.25, 0.3) is 0 Å². The van der Waals surface area contributed by atoms with Crippen LogP contribution in [0.2, 0.25) is 5.02 Å². The first kappa shape index (κ1) is 16.8. The summed E-state index contributed by atoms with van der Waals surface area (Å²) in [5.41, 5.74) is 3.51. The smallest absolute Gasteiger partial charge is 0.141 e. The maximum absolute atomic E-state index is 14.0. The average molecular weight is 392 g/mol. The lowest BCUT2D eigenvalue weighted by atomic mass is 10.1. The highest BCUT2D eigenvalue weighted by atomic mass is 35.5. The Morgan fingerprint density at radius 3 is 2.46 bits per heavy atom. The maximum Gasteiger partial charge on any atom is 0.141 e. The van der Waals surface area contributed by atoms with Gasteiger partial charge in [-0.1, -0.05) is 41.9 Å². The van der Waals surface area contributed by atoms with Crippen molar-refractivity contribution in [3.8, 4) is 16.9 Å². The normalized spacial score (nSPS) is 11.4. The first-order valence-electron chi connectivity index (χ1n) is 8.59. The van der Waals surface area contributed by atoms with Crippen molar-refractivity contribution in [3.05, 3.63) is 89.6 Å². The van der Waals surface area contributed by atoms with E-state index in [-0.39, 0.29) is 10.8 Å². The fourth-order valence-corrected chi connectivity index (χ4v) is 3.54. The fraction of sp³-hybridized carbons (Fsp3) is 0. The Kier molecular flexibility index (Phi) is 3.84. The molecule has 2 aromatic heterocycles. The van der Waals surface area contributed by atoms with E-state index in [1.807, 2.05) is 30.3 Å². The van der Waals surface area contributed by atoms with Crippen LogP contribution in [0.15, 0.2) is 72.9 Å². The number of hydrogen-bond acceptors (Lipinski definition) is 2. The van der Waals surface area contributed by atoms with Crippen LogP contribution in [0, 0.1) is 11.6 Å². The number of hydrogen-bond donors (Lipinski definition) is 0. The van der Waals surface area contributed by atoms with Crippen LogP contribution in [0.5, 0.6) is 0 Å². The predicted octanol–water partition coefficient (Wildman–Crippen LogP) is 6.17. The van der Waals surface area contributed by atoms with Crippen molar-refractivity contribution in [2.75, 3.05) is 0 Å². The van der Waals surface area contributed by atoms with E-state index in [4.69, 9.17) is 16.7 Å². The zero-order valence-corrected chi connectivity index (χ0v) is 15.2. The van der Waals surface area contributed by atoms with Gasteiger partial charge < -0.3 is 0 Å². The maximum atomic E-state index is 14.0. The van der Waals surface area contributed by atoms with Crippen molar-refractivity contribution < 1.29 is 8.78 Å². The van der Waals surface area contributed by atoms with E-state index in [9.17, 15) is 8.78 Å². The van der Waals surface area contributed by atoms with E-state index in [0.717, 1.165) is 10.9 Å². The van der Waals surface area contributed by atoms with Crippen molar-refractivity contribution in [1.29, 1.82) is 0 Å². The molecule has 0 N–H and O–H groups in total. The molecule has 3 nitrogen and oxygen atoms in total. The molecule has 0 saturated carbocycles. The van der Waals surface area contributed by atoms with Crippen LogP contribution in [-0.2, 0) is 0 Å². The fourth-order valence-electron chi connectivity index (χ4n) is 3.37. The second-order valence-electron chi connectivity index (χ2n) is 6.41. The van der Waals surface area contributed by atoms with Gasteiger partial charge in [0.15, 0.2) is 0 Å². The summed E-state index contributed by atoms with van der Waals surface area (Å²) < 4.78 is 29.4. The van der Waals surface area contributed by atoms with Gasteiger partial charge in [-0.25, -0.2) is 13.5 Å². The number of rotatable bonds is 2. The molecule has 6 heteroatoms. The Labute approximate surface area is 163 Å². The van der Waals surface area contributed by atoms with Gasteiger partial charge in [-0.2, -0.15) is 5.10 Å².